The lowest BCUT2D eigenvalue weighted by molar-refractivity contribution is 0.0680. The number of fused-ring (bicyclic) bond motifs is 1. The fourth-order valence-corrected chi connectivity index (χ4v) is 2.97. The maximum Gasteiger partial charge on any atom is 0.0700 e. The molecule has 0 aromatic heterocycles. The summed E-state index contributed by atoms with van der Waals surface area (Å²) in [6, 6.07) is 9.22. The van der Waals surface area contributed by atoms with E-state index in [9.17, 15) is 0 Å². The summed E-state index contributed by atoms with van der Waals surface area (Å²) in [6.07, 6.45) is 2.41. The number of aryl methyl sites for hydroxylation is 1. The van der Waals surface area contributed by atoms with Crippen LogP contribution in [-0.2, 0) is 15.9 Å². The Kier molecular flexibility index (Phi) is 5.58. The van der Waals surface area contributed by atoms with Gasteiger partial charge in [-0.3, -0.25) is 0 Å². The van der Waals surface area contributed by atoms with Crippen LogP contribution in [0, 0.1) is 5.41 Å². The van der Waals surface area contributed by atoms with Gasteiger partial charge in [0.25, 0.3) is 0 Å². The van der Waals surface area contributed by atoms with Gasteiger partial charge >= 0.3 is 0 Å². The van der Waals surface area contributed by atoms with Crippen LogP contribution in [0.15, 0.2) is 24.3 Å². The Balaban J connectivity index is 1.91. The number of rotatable bonds is 7. The van der Waals surface area contributed by atoms with Gasteiger partial charge in [-0.2, -0.15) is 0 Å². The van der Waals surface area contributed by atoms with Crippen LogP contribution in [-0.4, -0.2) is 33.5 Å². The van der Waals surface area contributed by atoms with Crippen LogP contribution in [0.25, 0.3) is 0 Å². The molecule has 1 aromatic rings. The Bertz CT molecular complexity index is 417. The summed E-state index contributed by atoms with van der Waals surface area (Å²) in [5, 5.41) is 3.68. The first-order valence-electron chi connectivity index (χ1n) is 7.53. The Hall–Kier alpha value is -0.900. The van der Waals surface area contributed by atoms with Crippen molar-refractivity contribution in [1.29, 1.82) is 0 Å². The zero-order valence-corrected chi connectivity index (χ0v) is 12.9. The average molecular weight is 277 g/mol. The van der Waals surface area contributed by atoms with Gasteiger partial charge in [0.1, 0.15) is 0 Å². The highest BCUT2D eigenvalue weighted by molar-refractivity contribution is 5.34. The molecule has 0 radical (unpaired) electrons. The predicted octanol–water partition coefficient (Wildman–Crippen LogP) is 2.95. The predicted molar refractivity (Wildman–Crippen MR) is 82.0 cm³/mol. The van der Waals surface area contributed by atoms with Gasteiger partial charge in [-0.1, -0.05) is 38.1 Å². The molecule has 0 spiro atoms. The van der Waals surface area contributed by atoms with E-state index in [0.717, 1.165) is 13.2 Å². The minimum Gasteiger partial charge on any atom is -0.382 e. The second-order valence-electron chi connectivity index (χ2n) is 6.18. The van der Waals surface area contributed by atoms with Crippen molar-refractivity contribution in [2.24, 2.45) is 5.41 Å². The van der Waals surface area contributed by atoms with E-state index in [2.05, 4.69) is 43.4 Å². The molecule has 3 nitrogen and oxygen atoms in total. The Morgan fingerprint density at radius 1 is 1.20 bits per heavy atom. The van der Waals surface area contributed by atoms with Crippen LogP contribution in [0.3, 0.4) is 0 Å². The first kappa shape index (κ1) is 15.5. The molecule has 0 saturated carbocycles. The largest absolute Gasteiger partial charge is 0.382 e. The van der Waals surface area contributed by atoms with E-state index < -0.39 is 0 Å². The fourth-order valence-electron chi connectivity index (χ4n) is 2.97. The summed E-state index contributed by atoms with van der Waals surface area (Å²) in [7, 11) is 1.70. The van der Waals surface area contributed by atoms with Crippen LogP contribution >= 0.6 is 0 Å². The molecule has 0 aliphatic heterocycles. The topological polar surface area (TPSA) is 30.5 Å². The van der Waals surface area contributed by atoms with E-state index in [1.807, 2.05) is 0 Å². The molecule has 0 heterocycles. The molecule has 1 unspecified atom stereocenters. The highest BCUT2D eigenvalue weighted by atomic mass is 16.5. The molecule has 0 amide bonds. The van der Waals surface area contributed by atoms with Crippen molar-refractivity contribution in [2.45, 2.75) is 32.7 Å². The van der Waals surface area contributed by atoms with Crippen LogP contribution in [0.5, 0.6) is 0 Å². The minimum absolute atomic E-state index is 0.293. The minimum atomic E-state index is 0.293. The lowest BCUT2D eigenvalue weighted by Gasteiger charge is -2.40. The Labute approximate surface area is 122 Å². The number of hydrogen-bond donors (Lipinski definition) is 1. The summed E-state index contributed by atoms with van der Waals surface area (Å²) < 4.78 is 10.5. The number of nitrogens with one attached hydrogen (secondary N) is 1. The van der Waals surface area contributed by atoms with Crippen LogP contribution < -0.4 is 5.32 Å². The first-order chi connectivity index (χ1) is 9.65. The summed E-state index contributed by atoms with van der Waals surface area (Å²) in [5.74, 6) is 0. The van der Waals surface area contributed by atoms with Gasteiger partial charge in [0.2, 0.25) is 0 Å². The molecule has 20 heavy (non-hydrogen) atoms. The van der Waals surface area contributed by atoms with Crippen molar-refractivity contribution in [2.75, 3.05) is 33.5 Å². The fraction of sp³-hybridized carbons (Fsp3) is 0.647. The molecule has 1 N–H and O–H groups in total. The number of benzene rings is 1. The summed E-state index contributed by atoms with van der Waals surface area (Å²) in [5.41, 5.74) is 3.24. The lowest BCUT2D eigenvalue weighted by atomic mass is 9.70. The van der Waals surface area contributed by atoms with Crippen molar-refractivity contribution < 1.29 is 9.47 Å². The molecular weight excluding hydrogens is 250 g/mol. The number of ether oxygens (including phenoxy) is 2. The molecule has 1 atom stereocenters. The van der Waals surface area contributed by atoms with Crippen LogP contribution in [0.2, 0.25) is 0 Å². The Morgan fingerprint density at radius 2 is 2.00 bits per heavy atom. The third-order valence-electron chi connectivity index (χ3n) is 4.21. The van der Waals surface area contributed by atoms with Gasteiger partial charge in [0.05, 0.1) is 19.8 Å². The molecule has 0 saturated heterocycles. The molecule has 0 bridgehead atoms. The van der Waals surface area contributed by atoms with Gasteiger partial charge in [-0.15, -0.1) is 0 Å². The zero-order chi connectivity index (χ0) is 14.4. The summed E-state index contributed by atoms with van der Waals surface area (Å²) in [4.78, 5) is 0. The van der Waals surface area contributed by atoms with Gasteiger partial charge in [-0.05, 0) is 29.4 Å². The maximum atomic E-state index is 5.53. The van der Waals surface area contributed by atoms with Gasteiger partial charge < -0.3 is 14.8 Å². The summed E-state index contributed by atoms with van der Waals surface area (Å²) >= 11 is 0. The van der Waals surface area contributed by atoms with E-state index in [-0.39, 0.29) is 0 Å². The zero-order valence-electron chi connectivity index (χ0n) is 12.9. The molecule has 112 valence electrons. The van der Waals surface area contributed by atoms with E-state index in [1.165, 1.54) is 24.0 Å². The van der Waals surface area contributed by atoms with Gasteiger partial charge in [0, 0.05) is 19.7 Å². The average Bonchev–Trinajstić information content (AvgIpc) is 2.44. The lowest BCUT2D eigenvalue weighted by Crippen LogP contribution is -2.39. The molecule has 1 aliphatic carbocycles. The van der Waals surface area contributed by atoms with E-state index in [4.69, 9.17) is 9.47 Å². The Morgan fingerprint density at radius 3 is 2.80 bits per heavy atom. The van der Waals surface area contributed by atoms with E-state index in [0.29, 0.717) is 24.7 Å². The SMILES string of the molecule is COCCOCCNC1c2ccccc2CCC1(C)C. The van der Waals surface area contributed by atoms with Crippen LogP contribution in [0.4, 0.5) is 0 Å². The molecule has 2 rings (SSSR count). The molecule has 1 aliphatic rings. The number of methoxy groups -OCH3 is 1. The van der Waals surface area contributed by atoms with Gasteiger partial charge in [-0.25, -0.2) is 0 Å². The van der Waals surface area contributed by atoms with Crippen molar-refractivity contribution in [3.05, 3.63) is 35.4 Å². The van der Waals surface area contributed by atoms with Crippen molar-refractivity contribution in [3.63, 3.8) is 0 Å². The van der Waals surface area contributed by atoms with E-state index >= 15 is 0 Å². The molecular formula is C17H27NO2. The first-order valence-corrected chi connectivity index (χ1v) is 7.53. The molecule has 1 aromatic carbocycles. The van der Waals surface area contributed by atoms with Crippen molar-refractivity contribution in [1.82, 2.24) is 5.32 Å². The summed E-state index contributed by atoms with van der Waals surface area (Å²) in [6.45, 7) is 7.66. The monoisotopic (exact) mass is 277 g/mol. The third-order valence-corrected chi connectivity index (χ3v) is 4.21. The highest BCUT2D eigenvalue weighted by Crippen LogP contribution is 2.43. The highest BCUT2D eigenvalue weighted by Gasteiger charge is 2.35. The molecule has 0 fully saturated rings. The second-order valence-corrected chi connectivity index (χ2v) is 6.18. The second kappa shape index (κ2) is 7.21. The quantitative estimate of drug-likeness (QED) is 0.777. The van der Waals surface area contributed by atoms with Crippen LogP contribution in [0.1, 0.15) is 37.4 Å². The van der Waals surface area contributed by atoms with Crippen molar-refractivity contribution in [3.8, 4) is 0 Å². The van der Waals surface area contributed by atoms with Crippen molar-refractivity contribution >= 4 is 0 Å². The van der Waals surface area contributed by atoms with Gasteiger partial charge in [0.15, 0.2) is 0 Å². The normalized spacial score (nSPS) is 20.6. The smallest absolute Gasteiger partial charge is 0.0700 e. The third kappa shape index (κ3) is 3.81. The number of hydrogen-bond acceptors (Lipinski definition) is 3. The molecule has 3 heteroatoms. The maximum absolute atomic E-state index is 5.53. The standard InChI is InChI=1S/C17H27NO2/c1-17(2)9-8-14-6-4-5-7-15(14)16(17)18-10-11-20-13-12-19-3/h4-7,16,18H,8-13H2,1-3H3. The van der Waals surface area contributed by atoms with E-state index in [1.54, 1.807) is 7.11 Å².